The lowest BCUT2D eigenvalue weighted by molar-refractivity contribution is 0.123. The van der Waals surface area contributed by atoms with Crippen LogP contribution in [0.4, 0.5) is 5.82 Å². The van der Waals surface area contributed by atoms with Gasteiger partial charge in [0, 0.05) is 52.0 Å². The van der Waals surface area contributed by atoms with E-state index in [4.69, 9.17) is 9.97 Å². The normalized spacial score (nSPS) is 17.1. The third-order valence-corrected chi connectivity index (χ3v) is 5.48. The molecule has 0 spiro atoms. The van der Waals surface area contributed by atoms with Crippen LogP contribution in [0.3, 0.4) is 0 Å². The maximum atomic E-state index is 4.81. The van der Waals surface area contributed by atoms with Crippen LogP contribution in [0.1, 0.15) is 12.6 Å². The SMILES string of the molecule is Cc1nn(C)c2nc(-c3ccccn3)nc(NC[C@H](C)N3CCN(C)CC3)c12. The summed E-state index contributed by atoms with van der Waals surface area (Å²) in [5.74, 6) is 1.45. The van der Waals surface area contributed by atoms with Crippen LogP contribution in [0, 0.1) is 6.92 Å². The molecule has 1 aliphatic heterocycles. The predicted octanol–water partition coefficient (Wildman–Crippen LogP) is 1.78. The van der Waals surface area contributed by atoms with Gasteiger partial charge in [0.25, 0.3) is 0 Å². The number of piperazine rings is 1. The first-order valence-electron chi connectivity index (χ1n) is 9.82. The number of nitrogens with zero attached hydrogens (tertiary/aromatic N) is 7. The minimum atomic E-state index is 0.425. The van der Waals surface area contributed by atoms with Gasteiger partial charge < -0.3 is 10.2 Å². The molecule has 148 valence electrons. The molecule has 0 radical (unpaired) electrons. The van der Waals surface area contributed by atoms with Crippen molar-refractivity contribution in [3.05, 3.63) is 30.1 Å². The van der Waals surface area contributed by atoms with Gasteiger partial charge in [-0.3, -0.25) is 14.6 Å². The first-order valence-corrected chi connectivity index (χ1v) is 9.82. The Hall–Kier alpha value is -2.58. The number of likely N-dealkylation sites (N-methyl/N-ethyl adjacent to an activating group) is 1. The van der Waals surface area contributed by atoms with E-state index in [9.17, 15) is 0 Å². The molecule has 1 saturated heterocycles. The number of aryl methyl sites for hydroxylation is 2. The molecule has 8 nitrogen and oxygen atoms in total. The van der Waals surface area contributed by atoms with E-state index in [0.717, 1.165) is 61.0 Å². The highest BCUT2D eigenvalue weighted by molar-refractivity contribution is 5.90. The van der Waals surface area contributed by atoms with Gasteiger partial charge in [-0.2, -0.15) is 5.10 Å². The summed E-state index contributed by atoms with van der Waals surface area (Å²) < 4.78 is 1.81. The molecule has 8 heteroatoms. The van der Waals surface area contributed by atoms with Crippen molar-refractivity contribution in [3.63, 3.8) is 0 Å². The Labute approximate surface area is 165 Å². The predicted molar refractivity (Wildman–Crippen MR) is 111 cm³/mol. The number of hydrogen-bond acceptors (Lipinski definition) is 7. The summed E-state index contributed by atoms with van der Waals surface area (Å²) in [6, 6.07) is 6.20. The molecule has 4 rings (SSSR count). The lowest BCUT2D eigenvalue weighted by Crippen LogP contribution is -2.49. The van der Waals surface area contributed by atoms with Crippen molar-refractivity contribution in [1.82, 2.24) is 34.5 Å². The van der Waals surface area contributed by atoms with Crippen molar-refractivity contribution in [2.45, 2.75) is 19.9 Å². The van der Waals surface area contributed by atoms with Crippen LogP contribution < -0.4 is 5.32 Å². The third-order valence-electron chi connectivity index (χ3n) is 5.48. The van der Waals surface area contributed by atoms with Crippen LogP contribution in [-0.2, 0) is 7.05 Å². The Morgan fingerprint density at radius 2 is 1.89 bits per heavy atom. The average molecular weight is 381 g/mol. The Kier molecular flexibility index (Phi) is 5.23. The molecule has 0 bridgehead atoms. The minimum Gasteiger partial charge on any atom is -0.368 e. The maximum absolute atomic E-state index is 4.81. The second-order valence-corrected chi connectivity index (χ2v) is 7.59. The second-order valence-electron chi connectivity index (χ2n) is 7.59. The van der Waals surface area contributed by atoms with E-state index < -0.39 is 0 Å². The highest BCUT2D eigenvalue weighted by Crippen LogP contribution is 2.26. The molecule has 4 heterocycles. The first kappa shape index (κ1) is 18.8. The number of fused-ring (bicyclic) bond motifs is 1. The second kappa shape index (κ2) is 7.81. The molecule has 3 aromatic heterocycles. The molecule has 3 aromatic rings. The zero-order valence-electron chi connectivity index (χ0n) is 17.1. The Morgan fingerprint density at radius 3 is 2.61 bits per heavy atom. The zero-order valence-corrected chi connectivity index (χ0v) is 17.1. The fourth-order valence-corrected chi connectivity index (χ4v) is 3.71. The topological polar surface area (TPSA) is 75.0 Å². The highest BCUT2D eigenvalue weighted by Gasteiger charge is 2.21. The van der Waals surface area contributed by atoms with Crippen molar-refractivity contribution < 1.29 is 0 Å². The summed E-state index contributed by atoms with van der Waals surface area (Å²) in [5.41, 5.74) is 2.51. The maximum Gasteiger partial charge on any atom is 0.182 e. The molecule has 1 aliphatic rings. The summed E-state index contributed by atoms with van der Waals surface area (Å²) in [5, 5.41) is 9.10. The van der Waals surface area contributed by atoms with Gasteiger partial charge in [0.15, 0.2) is 11.5 Å². The average Bonchev–Trinajstić information content (AvgIpc) is 3.01. The van der Waals surface area contributed by atoms with Gasteiger partial charge in [0.2, 0.25) is 0 Å². The van der Waals surface area contributed by atoms with Gasteiger partial charge in [-0.25, -0.2) is 9.97 Å². The van der Waals surface area contributed by atoms with Crippen LogP contribution in [-0.4, -0.2) is 80.3 Å². The van der Waals surface area contributed by atoms with Crippen molar-refractivity contribution in [1.29, 1.82) is 0 Å². The van der Waals surface area contributed by atoms with E-state index in [1.165, 1.54) is 0 Å². The lowest BCUT2D eigenvalue weighted by Gasteiger charge is -2.36. The molecule has 0 amide bonds. The van der Waals surface area contributed by atoms with Crippen LogP contribution in [0.15, 0.2) is 24.4 Å². The van der Waals surface area contributed by atoms with Crippen LogP contribution >= 0.6 is 0 Å². The molecule has 1 atom stereocenters. The van der Waals surface area contributed by atoms with Gasteiger partial charge in [0.05, 0.1) is 11.1 Å². The summed E-state index contributed by atoms with van der Waals surface area (Å²) >= 11 is 0. The van der Waals surface area contributed by atoms with E-state index >= 15 is 0 Å². The van der Waals surface area contributed by atoms with Crippen LogP contribution in [0.2, 0.25) is 0 Å². The van der Waals surface area contributed by atoms with Crippen LogP contribution in [0.5, 0.6) is 0 Å². The van der Waals surface area contributed by atoms with Crippen LogP contribution in [0.25, 0.3) is 22.6 Å². The number of nitrogens with one attached hydrogen (secondary N) is 1. The quantitative estimate of drug-likeness (QED) is 0.723. The van der Waals surface area contributed by atoms with E-state index in [0.29, 0.717) is 11.9 Å². The molecule has 0 aliphatic carbocycles. The summed E-state index contributed by atoms with van der Waals surface area (Å²) in [6.07, 6.45) is 1.76. The molecule has 1 fully saturated rings. The van der Waals surface area contributed by atoms with E-state index in [-0.39, 0.29) is 0 Å². The molecule has 0 saturated carbocycles. The number of hydrogen-bond donors (Lipinski definition) is 1. The molecule has 0 aromatic carbocycles. The summed E-state index contributed by atoms with van der Waals surface area (Å²) in [4.78, 5) is 18.9. The monoisotopic (exact) mass is 380 g/mol. The van der Waals surface area contributed by atoms with Gasteiger partial charge >= 0.3 is 0 Å². The van der Waals surface area contributed by atoms with Crippen molar-refractivity contribution >= 4 is 16.9 Å². The number of aromatic nitrogens is 5. The number of pyridine rings is 1. The summed E-state index contributed by atoms with van der Waals surface area (Å²) in [6.45, 7) is 9.54. The molecular formula is C20H28N8. The Balaban J connectivity index is 1.62. The standard InChI is InChI=1S/C20H28N8/c1-14(28-11-9-26(3)10-12-28)13-22-19-17-15(2)25-27(4)20(17)24-18(23-19)16-7-5-6-8-21-16/h5-8,14H,9-13H2,1-4H3,(H,22,23,24)/t14-/m0/s1. The van der Waals surface area contributed by atoms with Gasteiger partial charge in [-0.05, 0) is 33.0 Å². The largest absolute Gasteiger partial charge is 0.368 e. The molecular weight excluding hydrogens is 352 g/mol. The van der Waals surface area contributed by atoms with E-state index in [1.807, 2.05) is 36.9 Å². The minimum absolute atomic E-state index is 0.425. The first-order chi connectivity index (χ1) is 13.5. The van der Waals surface area contributed by atoms with Crippen molar-refractivity contribution in [2.75, 3.05) is 45.1 Å². The molecule has 1 N–H and O–H groups in total. The third kappa shape index (κ3) is 3.70. The fourth-order valence-electron chi connectivity index (χ4n) is 3.71. The fraction of sp³-hybridized carbons (Fsp3) is 0.500. The number of rotatable bonds is 5. The Bertz CT molecular complexity index is 944. The van der Waals surface area contributed by atoms with Gasteiger partial charge in [-0.15, -0.1) is 0 Å². The van der Waals surface area contributed by atoms with Gasteiger partial charge in [-0.1, -0.05) is 6.07 Å². The van der Waals surface area contributed by atoms with E-state index in [2.05, 4.69) is 39.2 Å². The Morgan fingerprint density at radius 1 is 1.11 bits per heavy atom. The van der Waals surface area contributed by atoms with Crippen molar-refractivity contribution in [3.8, 4) is 11.5 Å². The number of anilines is 1. The van der Waals surface area contributed by atoms with Gasteiger partial charge in [0.1, 0.15) is 11.5 Å². The zero-order chi connectivity index (χ0) is 19.7. The van der Waals surface area contributed by atoms with Crippen molar-refractivity contribution in [2.24, 2.45) is 7.05 Å². The lowest BCUT2D eigenvalue weighted by atomic mass is 10.2. The highest BCUT2D eigenvalue weighted by atomic mass is 15.3. The van der Waals surface area contributed by atoms with E-state index in [1.54, 1.807) is 6.20 Å². The molecule has 0 unspecified atom stereocenters. The summed E-state index contributed by atoms with van der Waals surface area (Å²) in [7, 11) is 4.10. The molecule has 28 heavy (non-hydrogen) atoms. The smallest absolute Gasteiger partial charge is 0.182 e.